The molecule has 0 aliphatic rings. The highest BCUT2D eigenvalue weighted by molar-refractivity contribution is 5.79. The zero-order chi connectivity index (χ0) is 12.9. The van der Waals surface area contributed by atoms with E-state index in [2.05, 4.69) is 46.5 Å². The van der Waals surface area contributed by atoms with E-state index in [0.29, 0.717) is 24.6 Å². The van der Waals surface area contributed by atoms with E-state index in [1.807, 2.05) is 0 Å². The van der Waals surface area contributed by atoms with Crippen molar-refractivity contribution in [3.05, 3.63) is 12.3 Å². The van der Waals surface area contributed by atoms with Crippen LogP contribution in [0, 0.1) is 17.3 Å². The van der Waals surface area contributed by atoms with Crippen molar-refractivity contribution in [3.8, 4) is 0 Å². The molecule has 1 atom stereocenters. The summed E-state index contributed by atoms with van der Waals surface area (Å²) in [6.45, 7) is 14.6. The van der Waals surface area contributed by atoms with E-state index in [1.165, 1.54) is 0 Å². The zero-order valence-corrected chi connectivity index (χ0v) is 11.3. The summed E-state index contributed by atoms with van der Waals surface area (Å²) in [5.74, 6) is 0.475. The second kappa shape index (κ2) is 5.92. The van der Waals surface area contributed by atoms with Crippen LogP contribution in [0.2, 0.25) is 0 Å². The van der Waals surface area contributed by atoms with Gasteiger partial charge >= 0.3 is 0 Å². The first-order chi connectivity index (χ1) is 7.16. The summed E-state index contributed by atoms with van der Waals surface area (Å²) in [5, 5.41) is 2.92. The molecular formula is C13H26N2O. The number of hydrogen-bond donors (Lipinski definition) is 2. The molecule has 3 heteroatoms. The summed E-state index contributed by atoms with van der Waals surface area (Å²) in [4.78, 5) is 12.0. The third-order valence-corrected chi connectivity index (χ3v) is 2.63. The Balaban J connectivity index is 4.36. The Morgan fingerprint density at radius 1 is 1.38 bits per heavy atom. The molecular weight excluding hydrogens is 200 g/mol. The predicted molar refractivity (Wildman–Crippen MR) is 68.7 cm³/mol. The van der Waals surface area contributed by atoms with Gasteiger partial charge in [-0.1, -0.05) is 41.2 Å². The Morgan fingerprint density at radius 3 is 2.19 bits per heavy atom. The average molecular weight is 226 g/mol. The van der Waals surface area contributed by atoms with Crippen molar-refractivity contribution in [2.24, 2.45) is 23.0 Å². The van der Waals surface area contributed by atoms with Crippen LogP contribution in [0.15, 0.2) is 12.3 Å². The minimum Gasteiger partial charge on any atom is -0.402 e. The fourth-order valence-electron chi connectivity index (χ4n) is 2.15. The number of amides is 1. The lowest BCUT2D eigenvalue weighted by Gasteiger charge is -2.32. The maximum atomic E-state index is 12.0. The van der Waals surface area contributed by atoms with Crippen molar-refractivity contribution in [1.29, 1.82) is 0 Å². The summed E-state index contributed by atoms with van der Waals surface area (Å²) in [6.07, 6.45) is 0.640. The van der Waals surface area contributed by atoms with E-state index in [1.54, 1.807) is 0 Å². The van der Waals surface area contributed by atoms with Gasteiger partial charge in [-0.05, 0) is 11.3 Å². The summed E-state index contributed by atoms with van der Waals surface area (Å²) < 4.78 is 0. The van der Waals surface area contributed by atoms with Crippen LogP contribution >= 0.6 is 0 Å². The molecule has 1 amide bonds. The molecule has 0 aliphatic carbocycles. The van der Waals surface area contributed by atoms with Gasteiger partial charge in [0.25, 0.3) is 0 Å². The lowest BCUT2D eigenvalue weighted by Crippen LogP contribution is -2.41. The van der Waals surface area contributed by atoms with Gasteiger partial charge in [-0.2, -0.15) is 0 Å². The molecule has 0 aromatic carbocycles. The summed E-state index contributed by atoms with van der Waals surface area (Å²) in [7, 11) is 0. The summed E-state index contributed by atoms with van der Waals surface area (Å²) in [6, 6.07) is 0. The van der Waals surface area contributed by atoms with E-state index < -0.39 is 0 Å². The quantitative estimate of drug-likeness (QED) is 0.755. The molecule has 0 heterocycles. The van der Waals surface area contributed by atoms with Crippen molar-refractivity contribution in [2.75, 3.05) is 6.54 Å². The number of hydrogen-bond acceptors (Lipinski definition) is 2. The first-order valence-corrected chi connectivity index (χ1v) is 5.87. The number of carbonyl (C=O) groups is 1. The van der Waals surface area contributed by atoms with Crippen molar-refractivity contribution < 1.29 is 4.79 Å². The van der Waals surface area contributed by atoms with Crippen LogP contribution in [0.3, 0.4) is 0 Å². The van der Waals surface area contributed by atoms with E-state index in [-0.39, 0.29) is 17.2 Å². The number of nitrogens with one attached hydrogen (secondary N) is 1. The molecule has 1 unspecified atom stereocenters. The Hall–Kier alpha value is -0.990. The van der Waals surface area contributed by atoms with Crippen LogP contribution in [0.5, 0.6) is 0 Å². The minimum absolute atomic E-state index is 0.0159. The molecule has 0 aromatic heterocycles. The number of nitrogens with two attached hydrogens (primary N) is 1. The highest BCUT2D eigenvalue weighted by Crippen LogP contribution is 2.32. The van der Waals surface area contributed by atoms with E-state index in [9.17, 15) is 4.79 Å². The average Bonchev–Trinajstić information content (AvgIpc) is 1.98. The topological polar surface area (TPSA) is 55.1 Å². The van der Waals surface area contributed by atoms with Gasteiger partial charge in [0.1, 0.15) is 0 Å². The molecule has 3 nitrogen and oxygen atoms in total. The van der Waals surface area contributed by atoms with Gasteiger partial charge in [0.15, 0.2) is 0 Å². The zero-order valence-electron chi connectivity index (χ0n) is 11.3. The SMILES string of the molecule is C=C(N)CCNC(=O)C(C(C)C)C(C)(C)C. The second-order valence-corrected chi connectivity index (χ2v) is 5.79. The van der Waals surface area contributed by atoms with E-state index in [4.69, 9.17) is 5.73 Å². The molecule has 0 bridgehead atoms. The lowest BCUT2D eigenvalue weighted by atomic mass is 9.74. The fraction of sp³-hybridized carbons (Fsp3) is 0.769. The molecule has 0 aliphatic heterocycles. The molecule has 0 spiro atoms. The third-order valence-electron chi connectivity index (χ3n) is 2.63. The van der Waals surface area contributed by atoms with Crippen LogP contribution in [-0.2, 0) is 4.79 Å². The second-order valence-electron chi connectivity index (χ2n) is 5.79. The molecule has 94 valence electrons. The van der Waals surface area contributed by atoms with Gasteiger partial charge < -0.3 is 11.1 Å². The maximum absolute atomic E-state index is 12.0. The minimum atomic E-state index is -0.0159. The van der Waals surface area contributed by atoms with Gasteiger partial charge in [-0.15, -0.1) is 0 Å². The molecule has 0 fully saturated rings. The van der Waals surface area contributed by atoms with Crippen LogP contribution in [0.4, 0.5) is 0 Å². The highest BCUT2D eigenvalue weighted by Gasteiger charge is 2.33. The van der Waals surface area contributed by atoms with Crippen LogP contribution in [0.1, 0.15) is 41.0 Å². The van der Waals surface area contributed by atoms with Gasteiger partial charge in [0.2, 0.25) is 5.91 Å². The van der Waals surface area contributed by atoms with E-state index >= 15 is 0 Å². The molecule has 0 saturated carbocycles. The van der Waals surface area contributed by atoms with Crippen LogP contribution < -0.4 is 11.1 Å². The molecule has 16 heavy (non-hydrogen) atoms. The van der Waals surface area contributed by atoms with Crippen LogP contribution in [0.25, 0.3) is 0 Å². The molecule has 0 rings (SSSR count). The van der Waals surface area contributed by atoms with Gasteiger partial charge in [-0.25, -0.2) is 0 Å². The Bertz CT molecular complexity index is 251. The van der Waals surface area contributed by atoms with Crippen molar-refractivity contribution in [2.45, 2.75) is 41.0 Å². The normalized spacial score (nSPS) is 13.6. The molecule has 0 radical (unpaired) electrons. The number of carbonyl (C=O) groups excluding carboxylic acids is 1. The Morgan fingerprint density at radius 2 is 1.88 bits per heavy atom. The summed E-state index contributed by atoms with van der Waals surface area (Å²) in [5.41, 5.74) is 6.05. The first-order valence-electron chi connectivity index (χ1n) is 5.87. The van der Waals surface area contributed by atoms with Crippen molar-refractivity contribution >= 4 is 5.91 Å². The van der Waals surface area contributed by atoms with Crippen molar-refractivity contribution in [1.82, 2.24) is 5.32 Å². The number of rotatable bonds is 5. The first kappa shape index (κ1) is 15.0. The lowest BCUT2D eigenvalue weighted by molar-refractivity contribution is -0.130. The van der Waals surface area contributed by atoms with E-state index in [0.717, 1.165) is 0 Å². The largest absolute Gasteiger partial charge is 0.402 e. The standard InChI is InChI=1S/C13H26N2O/c1-9(2)11(13(4,5)6)12(16)15-8-7-10(3)14/h9,11H,3,7-8,14H2,1-2,4-6H3,(H,15,16). The predicted octanol–water partition coefficient (Wildman–Crippen LogP) is 2.28. The molecule has 3 N–H and O–H groups in total. The smallest absolute Gasteiger partial charge is 0.223 e. The Labute approximate surface area is 99.5 Å². The third kappa shape index (κ3) is 5.19. The fourth-order valence-corrected chi connectivity index (χ4v) is 2.15. The van der Waals surface area contributed by atoms with Gasteiger partial charge in [0, 0.05) is 24.6 Å². The highest BCUT2D eigenvalue weighted by atomic mass is 16.1. The Kier molecular flexibility index (Phi) is 5.56. The van der Waals surface area contributed by atoms with Crippen LogP contribution in [-0.4, -0.2) is 12.5 Å². The summed E-state index contributed by atoms with van der Waals surface area (Å²) >= 11 is 0. The monoisotopic (exact) mass is 226 g/mol. The maximum Gasteiger partial charge on any atom is 0.223 e. The molecule has 0 aromatic rings. The van der Waals surface area contributed by atoms with Gasteiger partial charge in [-0.3, -0.25) is 4.79 Å². The van der Waals surface area contributed by atoms with Gasteiger partial charge in [0.05, 0.1) is 0 Å². The van der Waals surface area contributed by atoms with Crippen molar-refractivity contribution in [3.63, 3.8) is 0 Å². The molecule has 0 saturated heterocycles.